The molecule has 3 N–H and O–H groups in total. The Balaban J connectivity index is 2.28. The molecule has 130 valence electrons. The van der Waals surface area contributed by atoms with Crippen molar-refractivity contribution in [1.82, 2.24) is 9.88 Å². The number of nitrogens with zero attached hydrogens (tertiary/aromatic N) is 1. The van der Waals surface area contributed by atoms with E-state index in [-0.39, 0.29) is 38.8 Å². The van der Waals surface area contributed by atoms with Crippen LogP contribution in [-0.4, -0.2) is 22.5 Å². The minimum absolute atomic E-state index is 0.0625. The third-order valence-electron chi connectivity index (χ3n) is 3.56. The van der Waals surface area contributed by atoms with E-state index < -0.39 is 17.4 Å². The lowest BCUT2D eigenvalue weighted by Gasteiger charge is -2.17. The van der Waals surface area contributed by atoms with Crippen molar-refractivity contribution in [3.05, 3.63) is 49.7 Å². The second-order valence-corrected chi connectivity index (χ2v) is 6.49. The number of ether oxygens (including phenoxy) is 1. The normalized spacial score (nSPS) is 13.2. The van der Waals surface area contributed by atoms with Gasteiger partial charge in [-0.05, 0) is 19.9 Å². The van der Waals surface area contributed by atoms with Crippen LogP contribution in [0.25, 0.3) is 5.69 Å². The Bertz CT molecular complexity index is 982. The second kappa shape index (κ2) is 6.09. The monoisotopic (exact) mass is 381 g/mol. The van der Waals surface area contributed by atoms with Gasteiger partial charge in [0, 0.05) is 12.1 Å². The van der Waals surface area contributed by atoms with Crippen molar-refractivity contribution < 1.29 is 14.3 Å². The van der Waals surface area contributed by atoms with Gasteiger partial charge in [-0.15, -0.1) is 0 Å². The predicted molar refractivity (Wildman–Crippen MR) is 94.0 cm³/mol. The van der Waals surface area contributed by atoms with E-state index in [2.05, 4.69) is 5.32 Å². The van der Waals surface area contributed by atoms with Crippen LogP contribution in [0.1, 0.15) is 34.6 Å². The number of hydrogen-bond donors (Lipinski definition) is 2. The summed E-state index contributed by atoms with van der Waals surface area (Å²) in [4.78, 5) is 36.1. The predicted octanol–water partition coefficient (Wildman–Crippen LogP) is 2.40. The Morgan fingerprint density at radius 1 is 1.08 bits per heavy atom. The van der Waals surface area contributed by atoms with Crippen LogP contribution < -0.4 is 21.3 Å². The van der Waals surface area contributed by atoms with Crippen LogP contribution >= 0.6 is 23.2 Å². The molecule has 1 aromatic carbocycles. The molecular weight excluding hydrogens is 369 g/mol. The molecule has 1 aliphatic rings. The summed E-state index contributed by atoms with van der Waals surface area (Å²) in [7, 11) is 0. The Hall–Kier alpha value is -2.51. The Labute approximate surface area is 152 Å². The van der Waals surface area contributed by atoms with E-state index in [9.17, 15) is 14.4 Å². The molecule has 0 spiro atoms. The van der Waals surface area contributed by atoms with Crippen LogP contribution in [0.15, 0.2) is 23.0 Å². The number of nitrogens with one attached hydrogen (secondary N) is 1. The number of amides is 2. The number of carbonyl (C=O) groups is 2. The molecule has 0 unspecified atom stereocenters. The van der Waals surface area contributed by atoms with Gasteiger partial charge in [0.15, 0.2) is 0 Å². The van der Waals surface area contributed by atoms with Crippen LogP contribution in [0, 0.1) is 0 Å². The van der Waals surface area contributed by atoms with Crippen molar-refractivity contribution in [2.24, 2.45) is 0 Å². The van der Waals surface area contributed by atoms with Gasteiger partial charge in [-0.2, -0.15) is 0 Å². The van der Waals surface area contributed by atoms with Gasteiger partial charge in [-0.3, -0.25) is 24.3 Å². The van der Waals surface area contributed by atoms with Crippen LogP contribution in [0.2, 0.25) is 10.0 Å². The van der Waals surface area contributed by atoms with Gasteiger partial charge in [0.25, 0.3) is 17.4 Å². The number of imide groups is 1. The van der Waals surface area contributed by atoms with Crippen LogP contribution in [0.3, 0.4) is 0 Å². The molecule has 0 radical (unpaired) electrons. The summed E-state index contributed by atoms with van der Waals surface area (Å²) < 4.78 is 6.64. The number of hydrogen-bond acceptors (Lipinski definition) is 5. The Morgan fingerprint density at radius 2 is 1.76 bits per heavy atom. The largest absolute Gasteiger partial charge is 0.489 e. The molecule has 0 saturated carbocycles. The summed E-state index contributed by atoms with van der Waals surface area (Å²) in [5.41, 5.74) is 5.45. The number of rotatable bonds is 3. The van der Waals surface area contributed by atoms with Gasteiger partial charge in [0.2, 0.25) is 0 Å². The van der Waals surface area contributed by atoms with Crippen molar-refractivity contribution >= 4 is 40.8 Å². The van der Waals surface area contributed by atoms with Crippen LogP contribution in [-0.2, 0) is 0 Å². The first-order valence-electron chi connectivity index (χ1n) is 7.28. The van der Waals surface area contributed by atoms with E-state index >= 15 is 0 Å². The molecule has 0 atom stereocenters. The van der Waals surface area contributed by atoms with Gasteiger partial charge >= 0.3 is 0 Å². The van der Waals surface area contributed by atoms with Gasteiger partial charge in [-0.25, -0.2) is 0 Å². The lowest BCUT2D eigenvalue weighted by molar-refractivity contribution is 0.0880. The van der Waals surface area contributed by atoms with Gasteiger partial charge in [-0.1, -0.05) is 23.2 Å². The van der Waals surface area contributed by atoms with Crippen LogP contribution in [0.5, 0.6) is 5.75 Å². The van der Waals surface area contributed by atoms with Crippen molar-refractivity contribution in [3.63, 3.8) is 0 Å². The Morgan fingerprint density at radius 3 is 2.40 bits per heavy atom. The summed E-state index contributed by atoms with van der Waals surface area (Å²) >= 11 is 12.3. The third-order valence-corrected chi connectivity index (χ3v) is 4.16. The zero-order chi connectivity index (χ0) is 18.5. The van der Waals surface area contributed by atoms with E-state index in [1.807, 2.05) is 13.8 Å². The van der Waals surface area contributed by atoms with Crippen molar-refractivity contribution in [2.75, 3.05) is 5.73 Å². The first kappa shape index (κ1) is 17.3. The highest BCUT2D eigenvalue weighted by atomic mass is 35.5. The first-order valence-corrected chi connectivity index (χ1v) is 8.03. The molecule has 1 aliphatic heterocycles. The maximum Gasteiger partial charge on any atom is 0.262 e. The molecule has 0 aliphatic carbocycles. The quantitative estimate of drug-likeness (QED) is 0.794. The second-order valence-electron chi connectivity index (χ2n) is 5.68. The Kier molecular flexibility index (Phi) is 4.22. The fourth-order valence-electron chi connectivity index (χ4n) is 2.56. The number of carbonyl (C=O) groups excluding carboxylic acids is 2. The average molecular weight is 382 g/mol. The maximum absolute atomic E-state index is 12.5. The highest BCUT2D eigenvalue weighted by Crippen LogP contribution is 2.35. The number of aromatic nitrogens is 1. The minimum Gasteiger partial charge on any atom is -0.489 e. The number of nitrogen functional groups attached to an aromatic ring is 1. The van der Waals surface area contributed by atoms with E-state index in [4.69, 9.17) is 33.7 Å². The molecule has 25 heavy (non-hydrogen) atoms. The summed E-state index contributed by atoms with van der Waals surface area (Å²) in [5, 5.41) is 2.51. The molecule has 1 aromatic heterocycles. The fourth-order valence-corrected chi connectivity index (χ4v) is 3.07. The summed E-state index contributed by atoms with van der Waals surface area (Å²) in [6.45, 7) is 3.63. The van der Waals surface area contributed by atoms with Crippen molar-refractivity contribution in [2.45, 2.75) is 20.0 Å². The zero-order valence-corrected chi connectivity index (χ0v) is 14.7. The average Bonchev–Trinajstić information content (AvgIpc) is 2.77. The fraction of sp³-hybridized carbons (Fsp3) is 0.188. The number of anilines is 1. The van der Waals surface area contributed by atoms with Gasteiger partial charge in [0.1, 0.15) is 11.6 Å². The molecule has 7 nitrogen and oxygen atoms in total. The minimum atomic E-state index is -0.671. The van der Waals surface area contributed by atoms with Gasteiger partial charge < -0.3 is 10.5 Å². The molecule has 9 heteroatoms. The topological polar surface area (TPSA) is 103 Å². The molecule has 3 rings (SSSR count). The lowest BCUT2D eigenvalue weighted by atomic mass is 10.1. The van der Waals surface area contributed by atoms with Crippen molar-refractivity contribution in [3.8, 4) is 11.4 Å². The standard InChI is InChI=1S/C16H13Cl2N3O4/c1-6(2)25-11-5-10(8(17)4-9(11)18)21-12(22)3-7-13(14(21)19)16(24)20-15(7)23/h3-6H,19H2,1-2H3,(H,20,23,24). The zero-order valence-electron chi connectivity index (χ0n) is 13.2. The van der Waals surface area contributed by atoms with E-state index in [1.54, 1.807) is 0 Å². The highest BCUT2D eigenvalue weighted by Gasteiger charge is 2.32. The molecular formula is C16H13Cl2N3O4. The molecule has 0 fully saturated rings. The number of nitrogens with two attached hydrogens (primary N) is 1. The van der Waals surface area contributed by atoms with E-state index in [0.717, 1.165) is 10.6 Å². The smallest absolute Gasteiger partial charge is 0.262 e. The summed E-state index contributed by atoms with van der Waals surface area (Å²) in [6, 6.07) is 3.92. The molecule has 0 saturated heterocycles. The number of pyridine rings is 1. The van der Waals surface area contributed by atoms with Crippen molar-refractivity contribution in [1.29, 1.82) is 0 Å². The molecule has 2 amide bonds. The number of benzene rings is 1. The highest BCUT2D eigenvalue weighted by molar-refractivity contribution is 6.36. The summed E-state index contributed by atoms with van der Waals surface area (Å²) in [6.07, 6.45) is -0.163. The van der Waals surface area contributed by atoms with Crippen LogP contribution in [0.4, 0.5) is 5.82 Å². The van der Waals surface area contributed by atoms with E-state index in [1.165, 1.54) is 12.1 Å². The van der Waals surface area contributed by atoms with Gasteiger partial charge in [0.05, 0.1) is 33.0 Å². The SMILES string of the molecule is CC(C)Oc1cc(-n2c(N)c3c(cc2=O)C(=O)NC3=O)c(Cl)cc1Cl. The first-order chi connectivity index (χ1) is 11.7. The molecule has 2 aromatic rings. The molecule has 2 heterocycles. The summed E-state index contributed by atoms with van der Waals surface area (Å²) in [5.74, 6) is -1.22. The lowest BCUT2D eigenvalue weighted by Crippen LogP contribution is -2.24. The number of halogens is 2. The maximum atomic E-state index is 12.5. The molecule has 0 bridgehead atoms. The number of fused-ring (bicyclic) bond motifs is 1. The van der Waals surface area contributed by atoms with E-state index in [0.29, 0.717) is 5.75 Å². The third kappa shape index (κ3) is 2.85.